The van der Waals surface area contributed by atoms with E-state index in [9.17, 15) is 4.79 Å². The minimum absolute atomic E-state index is 0.284. The van der Waals surface area contributed by atoms with Gasteiger partial charge in [0.25, 0.3) is 0 Å². The zero-order chi connectivity index (χ0) is 17.6. The van der Waals surface area contributed by atoms with E-state index < -0.39 is 0 Å². The summed E-state index contributed by atoms with van der Waals surface area (Å²) in [5.74, 6) is 1.46. The van der Waals surface area contributed by atoms with Gasteiger partial charge in [0.05, 0.1) is 0 Å². The second-order valence-corrected chi connectivity index (χ2v) is 7.47. The van der Waals surface area contributed by atoms with Gasteiger partial charge in [0.1, 0.15) is 0 Å². The monoisotopic (exact) mass is 338 g/mol. The molecule has 1 amide bonds. The van der Waals surface area contributed by atoms with E-state index in [2.05, 4.69) is 54.7 Å². The second-order valence-electron chi connectivity index (χ2n) is 7.47. The zero-order valence-corrected chi connectivity index (χ0v) is 15.5. The fourth-order valence-corrected chi connectivity index (χ4v) is 3.93. The number of hydrogen-bond donors (Lipinski definition) is 1. The summed E-state index contributed by atoms with van der Waals surface area (Å²) in [5, 5.41) is 5.98. The van der Waals surface area contributed by atoms with Crippen molar-refractivity contribution in [3.05, 3.63) is 48.0 Å². The van der Waals surface area contributed by atoms with E-state index in [0.717, 1.165) is 26.1 Å². The molecule has 2 aromatic rings. The van der Waals surface area contributed by atoms with E-state index in [1.165, 1.54) is 29.2 Å². The minimum Gasteiger partial charge on any atom is -0.345 e. The number of rotatable bonds is 6. The molecule has 3 heteroatoms. The van der Waals surface area contributed by atoms with Crippen LogP contribution in [0.2, 0.25) is 0 Å². The third-order valence-corrected chi connectivity index (χ3v) is 5.71. The predicted octanol–water partition coefficient (Wildman–Crippen LogP) is 3.87. The van der Waals surface area contributed by atoms with Gasteiger partial charge in [-0.15, -0.1) is 0 Å². The SMILES string of the molecule is CC(CC(=O)N(C)CCc1cccc2ccccc12)C1CCNCC1. The van der Waals surface area contributed by atoms with E-state index in [0.29, 0.717) is 18.3 Å². The Bertz CT molecular complexity index is 701. The molecule has 1 aliphatic heterocycles. The molecule has 0 bridgehead atoms. The molecule has 3 rings (SSSR count). The van der Waals surface area contributed by atoms with Gasteiger partial charge >= 0.3 is 0 Å². The van der Waals surface area contributed by atoms with Crippen molar-refractivity contribution in [3.63, 3.8) is 0 Å². The molecular formula is C22H30N2O. The lowest BCUT2D eigenvalue weighted by Crippen LogP contribution is -2.34. The molecule has 2 aromatic carbocycles. The molecule has 1 unspecified atom stereocenters. The molecule has 1 aliphatic rings. The van der Waals surface area contributed by atoms with Crippen molar-refractivity contribution < 1.29 is 4.79 Å². The molecule has 1 atom stereocenters. The number of carbonyl (C=O) groups is 1. The first-order valence-electron chi connectivity index (χ1n) is 9.56. The number of piperidine rings is 1. The summed E-state index contributed by atoms with van der Waals surface area (Å²) < 4.78 is 0. The highest BCUT2D eigenvalue weighted by molar-refractivity contribution is 5.85. The van der Waals surface area contributed by atoms with Crippen LogP contribution in [0.15, 0.2) is 42.5 Å². The fourth-order valence-electron chi connectivity index (χ4n) is 3.93. The molecule has 0 spiro atoms. The van der Waals surface area contributed by atoms with Crippen LogP contribution in [0.4, 0.5) is 0 Å². The van der Waals surface area contributed by atoms with Crippen LogP contribution in [0.25, 0.3) is 10.8 Å². The lowest BCUT2D eigenvalue weighted by atomic mass is 9.84. The van der Waals surface area contributed by atoms with Gasteiger partial charge in [-0.2, -0.15) is 0 Å². The van der Waals surface area contributed by atoms with Crippen LogP contribution in [-0.2, 0) is 11.2 Å². The third-order valence-electron chi connectivity index (χ3n) is 5.71. The normalized spacial score (nSPS) is 16.7. The van der Waals surface area contributed by atoms with Crippen molar-refractivity contribution in [1.29, 1.82) is 0 Å². The average Bonchev–Trinajstić information content (AvgIpc) is 2.66. The highest BCUT2D eigenvalue weighted by Crippen LogP contribution is 2.25. The Kier molecular flexibility index (Phi) is 6.09. The van der Waals surface area contributed by atoms with Crippen molar-refractivity contribution in [2.75, 3.05) is 26.7 Å². The number of hydrogen-bond acceptors (Lipinski definition) is 2. The first kappa shape index (κ1) is 17.9. The average molecular weight is 338 g/mol. The molecule has 3 nitrogen and oxygen atoms in total. The first-order valence-corrected chi connectivity index (χ1v) is 9.56. The van der Waals surface area contributed by atoms with E-state index >= 15 is 0 Å². The summed E-state index contributed by atoms with van der Waals surface area (Å²) in [7, 11) is 1.95. The molecule has 134 valence electrons. The molecule has 1 saturated heterocycles. The van der Waals surface area contributed by atoms with Crippen molar-refractivity contribution in [2.24, 2.45) is 11.8 Å². The van der Waals surface area contributed by atoms with Crippen LogP contribution in [0, 0.1) is 11.8 Å². The van der Waals surface area contributed by atoms with Gasteiger partial charge in [0.2, 0.25) is 5.91 Å². The van der Waals surface area contributed by atoms with Crippen molar-refractivity contribution in [1.82, 2.24) is 10.2 Å². The number of carbonyl (C=O) groups excluding carboxylic acids is 1. The van der Waals surface area contributed by atoms with Gasteiger partial charge < -0.3 is 10.2 Å². The van der Waals surface area contributed by atoms with Crippen molar-refractivity contribution in [2.45, 2.75) is 32.6 Å². The maximum atomic E-state index is 12.6. The van der Waals surface area contributed by atoms with Crippen LogP contribution in [0.3, 0.4) is 0 Å². The van der Waals surface area contributed by atoms with E-state index in [1.807, 2.05) is 11.9 Å². The Morgan fingerprint density at radius 3 is 2.68 bits per heavy atom. The minimum atomic E-state index is 0.284. The lowest BCUT2D eigenvalue weighted by molar-refractivity contribution is -0.131. The lowest BCUT2D eigenvalue weighted by Gasteiger charge is -2.29. The first-order chi connectivity index (χ1) is 12.1. The molecule has 0 aliphatic carbocycles. The summed E-state index contributed by atoms with van der Waals surface area (Å²) in [4.78, 5) is 14.5. The summed E-state index contributed by atoms with van der Waals surface area (Å²) in [6, 6.07) is 14.9. The molecule has 0 aromatic heterocycles. The topological polar surface area (TPSA) is 32.3 Å². The largest absolute Gasteiger partial charge is 0.345 e. The Labute approximate surface area is 151 Å². The van der Waals surface area contributed by atoms with Gasteiger partial charge in [-0.1, -0.05) is 49.4 Å². The van der Waals surface area contributed by atoms with E-state index in [-0.39, 0.29) is 5.91 Å². The summed E-state index contributed by atoms with van der Waals surface area (Å²) in [6.07, 6.45) is 3.99. The number of nitrogens with zero attached hydrogens (tertiary/aromatic N) is 1. The number of fused-ring (bicyclic) bond motifs is 1. The van der Waals surface area contributed by atoms with Crippen LogP contribution >= 0.6 is 0 Å². The van der Waals surface area contributed by atoms with E-state index in [1.54, 1.807) is 0 Å². The highest BCUT2D eigenvalue weighted by Gasteiger charge is 2.23. The van der Waals surface area contributed by atoms with Crippen LogP contribution < -0.4 is 5.32 Å². The van der Waals surface area contributed by atoms with Crippen molar-refractivity contribution >= 4 is 16.7 Å². The number of amides is 1. The van der Waals surface area contributed by atoms with Gasteiger partial charge in [0.15, 0.2) is 0 Å². The molecule has 0 saturated carbocycles. The predicted molar refractivity (Wildman–Crippen MR) is 105 cm³/mol. The Morgan fingerprint density at radius 1 is 1.16 bits per heavy atom. The summed E-state index contributed by atoms with van der Waals surface area (Å²) in [5.41, 5.74) is 1.32. The Morgan fingerprint density at radius 2 is 1.88 bits per heavy atom. The summed E-state index contributed by atoms with van der Waals surface area (Å²) >= 11 is 0. The molecule has 1 heterocycles. The summed E-state index contributed by atoms with van der Waals surface area (Å²) in [6.45, 7) is 5.22. The Hall–Kier alpha value is -1.87. The third kappa shape index (κ3) is 4.60. The van der Waals surface area contributed by atoms with Gasteiger partial charge in [-0.05, 0) is 60.5 Å². The van der Waals surface area contributed by atoms with E-state index in [4.69, 9.17) is 0 Å². The number of benzene rings is 2. The maximum Gasteiger partial charge on any atom is 0.222 e. The number of likely N-dealkylation sites (N-methyl/N-ethyl adjacent to an activating group) is 1. The maximum absolute atomic E-state index is 12.6. The smallest absolute Gasteiger partial charge is 0.222 e. The quantitative estimate of drug-likeness (QED) is 0.867. The van der Waals surface area contributed by atoms with Gasteiger partial charge in [0, 0.05) is 20.0 Å². The van der Waals surface area contributed by atoms with Crippen LogP contribution in [0.1, 0.15) is 31.7 Å². The van der Waals surface area contributed by atoms with Gasteiger partial charge in [-0.25, -0.2) is 0 Å². The van der Waals surface area contributed by atoms with Crippen molar-refractivity contribution in [3.8, 4) is 0 Å². The number of nitrogens with one attached hydrogen (secondary N) is 1. The molecule has 1 fully saturated rings. The zero-order valence-electron chi connectivity index (χ0n) is 15.5. The van der Waals surface area contributed by atoms with Crippen LogP contribution in [-0.4, -0.2) is 37.5 Å². The molecular weight excluding hydrogens is 308 g/mol. The van der Waals surface area contributed by atoms with Crippen LogP contribution in [0.5, 0.6) is 0 Å². The molecule has 25 heavy (non-hydrogen) atoms. The van der Waals surface area contributed by atoms with Gasteiger partial charge in [-0.3, -0.25) is 4.79 Å². The standard InChI is InChI=1S/C22H30N2O/c1-17(18-10-13-23-14-11-18)16-22(25)24(2)15-12-20-8-5-7-19-6-3-4-9-21(19)20/h3-9,17-18,23H,10-16H2,1-2H3. The fraction of sp³-hybridized carbons (Fsp3) is 0.500. The highest BCUT2D eigenvalue weighted by atomic mass is 16.2. The molecule has 0 radical (unpaired) electrons. The molecule has 1 N–H and O–H groups in total. The Balaban J connectivity index is 1.54. The second kappa shape index (κ2) is 8.48.